The molecule has 134 valence electrons. The van der Waals surface area contributed by atoms with Crippen LogP contribution in [-0.4, -0.2) is 67.9 Å². The predicted molar refractivity (Wildman–Crippen MR) is 91.8 cm³/mol. The molecule has 0 unspecified atom stereocenters. The summed E-state index contributed by atoms with van der Waals surface area (Å²) in [5.74, 6) is 1.70. The van der Waals surface area contributed by atoms with E-state index < -0.39 is 0 Å². The van der Waals surface area contributed by atoms with Gasteiger partial charge in [-0.25, -0.2) is 0 Å². The van der Waals surface area contributed by atoms with Gasteiger partial charge in [0, 0.05) is 45.0 Å². The van der Waals surface area contributed by atoms with Gasteiger partial charge in [-0.15, -0.1) is 0 Å². The fourth-order valence-corrected chi connectivity index (χ4v) is 4.71. The highest BCUT2D eigenvalue weighted by Gasteiger charge is 2.42. The molecule has 5 heteroatoms. The highest BCUT2D eigenvalue weighted by atomic mass is 16.5. The topological polar surface area (TPSA) is 38.1 Å². The van der Waals surface area contributed by atoms with Gasteiger partial charge in [0.25, 0.3) is 0 Å². The third kappa shape index (κ3) is 3.54. The lowest BCUT2D eigenvalue weighted by Crippen LogP contribution is -2.62. The summed E-state index contributed by atoms with van der Waals surface area (Å²) in [6, 6.07) is 5.16. The summed E-state index contributed by atoms with van der Waals surface area (Å²) in [5, 5.41) is 0. The number of likely N-dealkylation sites (tertiary alicyclic amines) is 1. The van der Waals surface area contributed by atoms with Crippen molar-refractivity contribution in [3.63, 3.8) is 0 Å². The third-order valence-corrected chi connectivity index (χ3v) is 6.02. The van der Waals surface area contributed by atoms with Gasteiger partial charge >= 0.3 is 0 Å². The van der Waals surface area contributed by atoms with Crippen LogP contribution >= 0.6 is 0 Å². The number of piperidine rings is 1. The minimum absolute atomic E-state index is 0.370. The van der Waals surface area contributed by atoms with Crippen LogP contribution in [0.2, 0.25) is 0 Å². The lowest BCUT2D eigenvalue weighted by molar-refractivity contribution is -0.124. The van der Waals surface area contributed by atoms with E-state index in [0.717, 1.165) is 38.7 Å². The maximum absolute atomic E-state index is 6.25. The fourth-order valence-electron chi connectivity index (χ4n) is 4.71. The number of hydrogen-bond acceptors (Lipinski definition) is 5. The Labute approximate surface area is 144 Å². The van der Waals surface area contributed by atoms with Crippen molar-refractivity contribution in [2.75, 3.05) is 40.0 Å². The first-order chi connectivity index (χ1) is 11.8. The molecule has 0 radical (unpaired) electrons. The molecule has 3 saturated heterocycles. The molecule has 3 atom stereocenters. The summed E-state index contributed by atoms with van der Waals surface area (Å²) >= 11 is 0. The molecule has 0 amide bonds. The molecule has 1 aromatic heterocycles. The van der Waals surface area contributed by atoms with Gasteiger partial charge in [-0.1, -0.05) is 0 Å². The Kier molecular flexibility index (Phi) is 5.22. The number of nitrogens with zero attached hydrogens (tertiary/aromatic N) is 2. The zero-order valence-electron chi connectivity index (χ0n) is 14.7. The summed E-state index contributed by atoms with van der Waals surface area (Å²) in [6.45, 7) is 5.90. The molecule has 0 aliphatic carbocycles. The van der Waals surface area contributed by atoms with Crippen LogP contribution in [0.1, 0.15) is 31.4 Å². The molecule has 5 nitrogen and oxygen atoms in total. The standard InChI is InChI=1S/C19H30N2O3/c1-20(13-17-5-3-8-23-17)18-14-21(16-6-10-22-11-7-16)12-15-4-2-9-24-19(15)18/h3,5,8,15-16,18-19H,2,4,6-7,9-14H2,1H3/t15-,18+,19-/m0/s1. The van der Waals surface area contributed by atoms with Gasteiger partial charge in [-0.3, -0.25) is 9.80 Å². The summed E-state index contributed by atoms with van der Waals surface area (Å²) in [5.41, 5.74) is 0. The molecular formula is C19H30N2O3. The maximum atomic E-state index is 6.25. The maximum Gasteiger partial charge on any atom is 0.117 e. The summed E-state index contributed by atoms with van der Waals surface area (Å²) < 4.78 is 17.4. The molecule has 0 spiro atoms. The Morgan fingerprint density at radius 3 is 2.83 bits per heavy atom. The van der Waals surface area contributed by atoms with E-state index in [4.69, 9.17) is 13.9 Å². The largest absolute Gasteiger partial charge is 0.468 e. The van der Waals surface area contributed by atoms with Crippen molar-refractivity contribution >= 4 is 0 Å². The molecular weight excluding hydrogens is 304 g/mol. The molecule has 0 N–H and O–H groups in total. The minimum Gasteiger partial charge on any atom is -0.468 e. The van der Waals surface area contributed by atoms with Crippen molar-refractivity contribution < 1.29 is 13.9 Å². The van der Waals surface area contributed by atoms with Crippen LogP contribution in [0.3, 0.4) is 0 Å². The number of ether oxygens (including phenoxy) is 2. The molecule has 3 aliphatic heterocycles. The Hall–Kier alpha value is -0.880. The molecule has 4 rings (SSSR count). The second kappa shape index (κ2) is 7.56. The van der Waals surface area contributed by atoms with Crippen LogP contribution in [0.4, 0.5) is 0 Å². The van der Waals surface area contributed by atoms with Crippen molar-refractivity contribution in [1.82, 2.24) is 9.80 Å². The summed E-state index contributed by atoms with van der Waals surface area (Å²) in [7, 11) is 2.22. The number of furan rings is 1. The fraction of sp³-hybridized carbons (Fsp3) is 0.789. The average molecular weight is 334 g/mol. The van der Waals surface area contributed by atoms with Gasteiger partial charge in [-0.2, -0.15) is 0 Å². The van der Waals surface area contributed by atoms with E-state index in [0.29, 0.717) is 24.1 Å². The van der Waals surface area contributed by atoms with Gasteiger partial charge < -0.3 is 13.9 Å². The van der Waals surface area contributed by atoms with Crippen molar-refractivity contribution in [1.29, 1.82) is 0 Å². The van der Waals surface area contributed by atoms with E-state index in [1.165, 1.54) is 32.2 Å². The first-order valence-corrected chi connectivity index (χ1v) is 9.47. The second-order valence-corrected chi connectivity index (χ2v) is 7.60. The molecule has 24 heavy (non-hydrogen) atoms. The van der Waals surface area contributed by atoms with Crippen LogP contribution in [0.25, 0.3) is 0 Å². The Balaban J connectivity index is 1.48. The predicted octanol–water partition coefficient (Wildman–Crippen LogP) is 2.37. The van der Waals surface area contributed by atoms with Crippen LogP contribution in [-0.2, 0) is 16.0 Å². The minimum atomic E-state index is 0.370. The number of rotatable bonds is 4. The zero-order chi connectivity index (χ0) is 16.4. The monoisotopic (exact) mass is 334 g/mol. The van der Waals surface area contributed by atoms with Gasteiger partial charge in [0.1, 0.15) is 5.76 Å². The van der Waals surface area contributed by atoms with E-state index in [2.05, 4.69) is 22.9 Å². The first kappa shape index (κ1) is 16.6. The van der Waals surface area contributed by atoms with E-state index >= 15 is 0 Å². The van der Waals surface area contributed by atoms with Crippen LogP contribution in [0.15, 0.2) is 22.8 Å². The molecule has 4 heterocycles. The van der Waals surface area contributed by atoms with E-state index in [-0.39, 0.29) is 0 Å². The Morgan fingerprint density at radius 2 is 2.04 bits per heavy atom. The van der Waals surface area contributed by atoms with E-state index in [1.54, 1.807) is 6.26 Å². The van der Waals surface area contributed by atoms with Crippen molar-refractivity contribution in [3.05, 3.63) is 24.2 Å². The van der Waals surface area contributed by atoms with Crippen LogP contribution < -0.4 is 0 Å². The van der Waals surface area contributed by atoms with E-state index in [9.17, 15) is 0 Å². The van der Waals surface area contributed by atoms with Crippen LogP contribution in [0, 0.1) is 5.92 Å². The van der Waals surface area contributed by atoms with Gasteiger partial charge in [0.15, 0.2) is 0 Å². The quantitative estimate of drug-likeness (QED) is 0.845. The number of fused-ring (bicyclic) bond motifs is 1. The Morgan fingerprint density at radius 1 is 1.17 bits per heavy atom. The first-order valence-electron chi connectivity index (χ1n) is 9.47. The molecule has 0 saturated carbocycles. The van der Waals surface area contributed by atoms with Gasteiger partial charge in [0.2, 0.25) is 0 Å². The molecule has 3 aliphatic rings. The molecule has 1 aromatic rings. The third-order valence-electron chi connectivity index (χ3n) is 6.02. The van der Waals surface area contributed by atoms with Gasteiger partial charge in [0.05, 0.1) is 18.9 Å². The normalized spacial score (nSPS) is 32.8. The molecule has 0 aromatic carbocycles. The lowest BCUT2D eigenvalue weighted by Gasteiger charge is -2.51. The molecule has 0 bridgehead atoms. The van der Waals surface area contributed by atoms with E-state index in [1.807, 2.05) is 6.07 Å². The van der Waals surface area contributed by atoms with Crippen molar-refractivity contribution in [3.8, 4) is 0 Å². The SMILES string of the molecule is CN(Cc1ccco1)[C@@H]1CN(C2CCOCC2)C[C@@H]2CCCO[C@@H]21. The number of likely N-dealkylation sites (N-methyl/N-ethyl adjacent to an activating group) is 1. The second-order valence-electron chi connectivity index (χ2n) is 7.60. The van der Waals surface area contributed by atoms with Crippen LogP contribution in [0.5, 0.6) is 0 Å². The van der Waals surface area contributed by atoms with Crippen molar-refractivity contribution in [2.45, 2.75) is 50.4 Å². The summed E-state index contributed by atoms with van der Waals surface area (Å²) in [4.78, 5) is 5.16. The average Bonchev–Trinajstić information content (AvgIpc) is 3.14. The number of hydrogen-bond donors (Lipinski definition) is 0. The Bertz CT molecular complexity index is 501. The zero-order valence-corrected chi connectivity index (χ0v) is 14.7. The smallest absolute Gasteiger partial charge is 0.117 e. The molecule has 3 fully saturated rings. The lowest BCUT2D eigenvalue weighted by atomic mass is 9.83. The van der Waals surface area contributed by atoms with Crippen molar-refractivity contribution in [2.24, 2.45) is 5.92 Å². The highest BCUT2D eigenvalue weighted by molar-refractivity contribution is 5.01. The summed E-state index contributed by atoms with van der Waals surface area (Å²) in [6.07, 6.45) is 6.99. The van der Waals surface area contributed by atoms with Gasteiger partial charge in [-0.05, 0) is 50.8 Å². The highest BCUT2D eigenvalue weighted by Crippen LogP contribution is 2.33.